The maximum Gasteiger partial charge on any atom is 0.175 e. The summed E-state index contributed by atoms with van der Waals surface area (Å²) in [6.07, 6.45) is 5.21. The molecule has 0 atom stereocenters. The Bertz CT molecular complexity index is 470. The van der Waals surface area contributed by atoms with Gasteiger partial charge in [0.05, 0.1) is 17.7 Å². The summed E-state index contributed by atoms with van der Waals surface area (Å²) < 4.78 is 12.7. The Balaban J connectivity index is 1.71. The van der Waals surface area contributed by atoms with Crippen LogP contribution in [0, 0.1) is 5.92 Å². The first-order chi connectivity index (χ1) is 9.76. The fourth-order valence-electron chi connectivity index (χ4n) is 2.16. The Morgan fingerprint density at radius 3 is 2.65 bits per heavy atom. The standard InChI is InChI=1S/C16H22BrNO2/c1-2-19-15-8-12(9-18-13-5-6-13)7-14(17)16(15)20-10-11-3-4-11/h7-8,11,13,18H,2-6,9-10H2,1H3. The van der Waals surface area contributed by atoms with Gasteiger partial charge in [0.2, 0.25) is 0 Å². The van der Waals surface area contributed by atoms with Crippen molar-refractivity contribution in [2.45, 2.75) is 45.2 Å². The van der Waals surface area contributed by atoms with Crippen molar-refractivity contribution >= 4 is 15.9 Å². The lowest BCUT2D eigenvalue weighted by molar-refractivity contribution is 0.265. The molecule has 3 nitrogen and oxygen atoms in total. The van der Waals surface area contributed by atoms with Gasteiger partial charge in [-0.15, -0.1) is 0 Å². The maximum absolute atomic E-state index is 5.95. The van der Waals surface area contributed by atoms with Crippen molar-refractivity contribution in [3.8, 4) is 11.5 Å². The van der Waals surface area contributed by atoms with Crippen molar-refractivity contribution in [1.82, 2.24) is 5.32 Å². The molecule has 110 valence electrons. The lowest BCUT2D eigenvalue weighted by Gasteiger charge is -2.15. The van der Waals surface area contributed by atoms with E-state index in [0.717, 1.165) is 41.1 Å². The Morgan fingerprint density at radius 1 is 1.20 bits per heavy atom. The third-order valence-electron chi connectivity index (χ3n) is 3.70. The van der Waals surface area contributed by atoms with Crippen LogP contribution >= 0.6 is 15.9 Å². The molecule has 4 heteroatoms. The summed E-state index contributed by atoms with van der Waals surface area (Å²) in [4.78, 5) is 0. The molecule has 2 aliphatic carbocycles. The van der Waals surface area contributed by atoms with Gasteiger partial charge in [-0.1, -0.05) is 0 Å². The van der Waals surface area contributed by atoms with Crippen molar-refractivity contribution in [2.75, 3.05) is 13.2 Å². The van der Waals surface area contributed by atoms with Crippen LogP contribution in [0.4, 0.5) is 0 Å². The van der Waals surface area contributed by atoms with Crippen LogP contribution in [-0.2, 0) is 6.54 Å². The maximum atomic E-state index is 5.95. The normalized spacial score (nSPS) is 18.1. The third kappa shape index (κ3) is 3.89. The fraction of sp³-hybridized carbons (Fsp3) is 0.625. The molecule has 1 N–H and O–H groups in total. The largest absolute Gasteiger partial charge is 0.490 e. The summed E-state index contributed by atoms with van der Waals surface area (Å²) in [6.45, 7) is 4.37. The minimum atomic E-state index is 0.658. The molecule has 1 aromatic carbocycles. The SMILES string of the molecule is CCOc1cc(CNC2CC2)cc(Br)c1OCC1CC1. The summed E-state index contributed by atoms with van der Waals surface area (Å²) >= 11 is 3.63. The monoisotopic (exact) mass is 339 g/mol. The van der Waals surface area contributed by atoms with Crippen LogP contribution in [0.25, 0.3) is 0 Å². The Kier molecular flexibility index (Phi) is 4.51. The number of benzene rings is 1. The van der Waals surface area contributed by atoms with Gasteiger partial charge < -0.3 is 14.8 Å². The quantitative estimate of drug-likeness (QED) is 0.779. The van der Waals surface area contributed by atoms with Gasteiger partial charge in [-0.25, -0.2) is 0 Å². The molecule has 0 unspecified atom stereocenters. The summed E-state index contributed by atoms with van der Waals surface area (Å²) in [5, 5.41) is 3.53. The van der Waals surface area contributed by atoms with Crippen LogP contribution < -0.4 is 14.8 Å². The van der Waals surface area contributed by atoms with Gasteiger partial charge in [0.25, 0.3) is 0 Å². The van der Waals surface area contributed by atoms with E-state index in [1.54, 1.807) is 0 Å². The average molecular weight is 340 g/mol. The van der Waals surface area contributed by atoms with Gasteiger partial charge in [-0.3, -0.25) is 0 Å². The molecular weight excluding hydrogens is 318 g/mol. The van der Waals surface area contributed by atoms with Crippen molar-refractivity contribution in [3.63, 3.8) is 0 Å². The molecular formula is C16H22BrNO2. The van der Waals surface area contributed by atoms with Crippen molar-refractivity contribution < 1.29 is 9.47 Å². The predicted octanol–water partition coefficient (Wildman–Crippen LogP) is 3.89. The van der Waals surface area contributed by atoms with Crippen molar-refractivity contribution in [2.24, 2.45) is 5.92 Å². The molecule has 2 saturated carbocycles. The summed E-state index contributed by atoms with van der Waals surface area (Å²) in [5.41, 5.74) is 1.24. The van der Waals surface area contributed by atoms with Gasteiger partial charge in [-0.2, -0.15) is 0 Å². The van der Waals surface area contributed by atoms with Crippen LogP contribution in [0.15, 0.2) is 16.6 Å². The summed E-state index contributed by atoms with van der Waals surface area (Å²) in [7, 11) is 0. The van der Waals surface area contributed by atoms with E-state index in [1.807, 2.05) is 6.92 Å². The lowest BCUT2D eigenvalue weighted by Crippen LogP contribution is -2.15. The second-order valence-corrected chi connectivity index (χ2v) is 6.60. The van der Waals surface area contributed by atoms with Crippen LogP contribution in [0.1, 0.15) is 38.2 Å². The highest BCUT2D eigenvalue weighted by Gasteiger charge is 2.24. The van der Waals surface area contributed by atoms with Crippen LogP contribution in [0.2, 0.25) is 0 Å². The van der Waals surface area contributed by atoms with Gasteiger partial charge in [0.1, 0.15) is 0 Å². The van der Waals surface area contributed by atoms with E-state index in [9.17, 15) is 0 Å². The Morgan fingerprint density at radius 2 is 2.00 bits per heavy atom. The highest BCUT2D eigenvalue weighted by Crippen LogP contribution is 2.39. The first-order valence-corrected chi connectivity index (χ1v) is 8.37. The smallest absolute Gasteiger partial charge is 0.175 e. The summed E-state index contributed by atoms with van der Waals surface area (Å²) in [6, 6.07) is 4.96. The van der Waals surface area contributed by atoms with Gasteiger partial charge in [0, 0.05) is 12.6 Å². The van der Waals surface area contributed by atoms with E-state index >= 15 is 0 Å². The minimum Gasteiger partial charge on any atom is -0.490 e. The fourth-order valence-corrected chi connectivity index (χ4v) is 2.77. The number of nitrogens with one attached hydrogen (secondary N) is 1. The Hall–Kier alpha value is -0.740. The molecule has 0 spiro atoms. The van der Waals surface area contributed by atoms with Crippen LogP contribution in [0.3, 0.4) is 0 Å². The van der Waals surface area contributed by atoms with E-state index in [1.165, 1.54) is 31.2 Å². The zero-order chi connectivity index (χ0) is 13.9. The molecule has 0 radical (unpaired) electrons. The molecule has 0 amide bonds. The average Bonchev–Trinajstić information content (AvgIpc) is 3.29. The number of hydrogen-bond acceptors (Lipinski definition) is 3. The molecule has 1 aromatic rings. The molecule has 3 rings (SSSR count). The highest BCUT2D eigenvalue weighted by molar-refractivity contribution is 9.10. The molecule has 0 heterocycles. The second-order valence-electron chi connectivity index (χ2n) is 5.75. The molecule has 2 aliphatic rings. The van der Waals surface area contributed by atoms with Crippen LogP contribution in [-0.4, -0.2) is 19.3 Å². The van der Waals surface area contributed by atoms with Crippen LogP contribution in [0.5, 0.6) is 11.5 Å². The molecule has 0 bridgehead atoms. The first-order valence-electron chi connectivity index (χ1n) is 7.57. The molecule has 0 aliphatic heterocycles. The number of ether oxygens (including phenoxy) is 2. The van der Waals surface area contributed by atoms with E-state index in [-0.39, 0.29) is 0 Å². The predicted molar refractivity (Wildman–Crippen MR) is 83.4 cm³/mol. The zero-order valence-electron chi connectivity index (χ0n) is 12.0. The third-order valence-corrected chi connectivity index (χ3v) is 4.29. The number of hydrogen-bond donors (Lipinski definition) is 1. The van der Waals surface area contributed by atoms with Gasteiger partial charge in [-0.05, 0) is 72.2 Å². The topological polar surface area (TPSA) is 30.5 Å². The Labute approximate surface area is 129 Å². The molecule has 0 aromatic heterocycles. The first kappa shape index (κ1) is 14.2. The summed E-state index contributed by atoms with van der Waals surface area (Å²) in [5.74, 6) is 2.46. The molecule has 2 fully saturated rings. The second kappa shape index (κ2) is 6.35. The zero-order valence-corrected chi connectivity index (χ0v) is 13.5. The van der Waals surface area contributed by atoms with E-state index in [4.69, 9.17) is 9.47 Å². The molecule has 20 heavy (non-hydrogen) atoms. The van der Waals surface area contributed by atoms with Crippen molar-refractivity contribution in [1.29, 1.82) is 0 Å². The molecule has 0 saturated heterocycles. The van der Waals surface area contributed by atoms with E-state index < -0.39 is 0 Å². The van der Waals surface area contributed by atoms with Gasteiger partial charge in [0.15, 0.2) is 11.5 Å². The minimum absolute atomic E-state index is 0.658. The van der Waals surface area contributed by atoms with E-state index in [0.29, 0.717) is 6.61 Å². The van der Waals surface area contributed by atoms with Crippen molar-refractivity contribution in [3.05, 3.63) is 22.2 Å². The number of rotatable bonds is 8. The highest BCUT2D eigenvalue weighted by atomic mass is 79.9. The van der Waals surface area contributed by atoms with Gasteiger partial charge >= 0.3 is 0 Å². The van der Waals surface area contributed by atoms with E-state index in [2.05, 4.69) is 33.4 Å². The number of halogens is 1. The lowest BCUT2D eigenvalue weighted by atomic mass is 10.2.